The normalized spacial score (nSPS) is 10.8. The first-order valence-electron chi connectivity index (χ1n) is 6.13. The van der Waals surface area contributed by atoms with E-state index in [0.717, 1.165) is 11.6 Å². The quantitative estimate of drug-likeness (QED) is 0.819. The fraction of sp³-hybridized carbons (Fsp3) is 0.0625. The Morgan fingerprint density at radius 2 is 2.05 bits per heavy atom. The molecule has 0 amide bonds. The predicted octanol–water partition coefficient (Wildman–Crippen LogP) is 4.27. The molecule has 108 valence electrons. The molecule has 0 atom stereocenters. The number of hydrogen-bond acceptors (Lipinski definition) is 2. The lowest BCUT2D eigenvalue weighted by Gasteiger charge is -2.09. The highest BCUT2D eigenvalue weighted by Crippen LogP contribution is 2.27. The van der Waals surface area contributed by atoms with Crippen LogP contribution in [0.3, 0.4) is 0 Å². The predicted molar refractivity (Wildman–Crippen MR) is 81.5 cm³/mol. The molecule has 0 spiro atoms. The van der Waals surface area contributed by atoms with E-state index in [0.29, 0.717) is 15.8 Å². The van der Waals surface area contributed by atoms with E-state index in [9.17, 15) is 9.18 Å². The Labute approximate surface area is 129 Å². The van der Waals surface area contributed by atoms with Crippen LogP contribution >= 0.6 is 15.9 Å². The largest absolute Gasteiger partial charge is 0.488 e. The summed E-state index contributed by atoms with van der Waals surface area (Å²) >= 11 is 3.35. The van der Waals surface area contributed by atoms with Gasteiger partial charge < -0.3 is 9.84 Å². The molecule has 2 aromatic carbocycles. The van der Waals surface area contributed by atoms with Gasteiger partial charge in [0.15, 0.2) is 0 Å². The summed E-state index contributed by atoms with van der Waals surface area (Å²) in [4.78, 5) is 10.5. The van der Waals surface area contributed by atoms with Crippen LogP contribution in [0, 0.1) is 5.82 Å². The van der Waals surface area contributed by atoms with Crippen LogP contribution in [0.1, 0.15) is 11.1 Å². The first-order valence-corrected chi connectivity index (χ1v) is 6.92. The van der Waals surface area contributed by atoms with Crippen LogP contribution in [-0.4, -0.2) is 11.1 Å². The van der Waals surface area contributed by atoms with E-state index < -0.39 is 5.97 Å². The van der Waals surface area contributed by atoms with Gasteiger partial charge in [0.25, 0.3) is 0 Å². The zero-order valence-corrected chi connectivity index (χ0v) is 12.5. The van der Waals surface area contributed by atoms with Gasteiger partial charge in [-0.3, -0.25) is 0 Å². The summed E-state index contributed by atoms with van der Waals surface area (Å²) < 4.78 is 19.7. The van der Waals surface area contributed by atoms with Gasteiger partial charge in [-0.15, -0.1) is 0 Å². The Balaban J connectivity index is 2.08. The lowest BCUT2D eigenvalue weighted by Crippen LogP contribution is -1.98. The Bertz CT molecular complexity index is 683. The molecule has 3 nitrogen and oxygen atoms in total. The Kier molecular flexibility index (Phi) is 5.11. The smallest absolute Gasteiger partial charge is 0.328 e. The second kappa shape index (κ2) is 7.04. The van der Waals surface area contributed by atoms with Crippen molar-refractivity contribution in [2.45, 2.75) is 6.61 Å². The number of carbonyl (C=O) groups is 1. The molecular weight excluding hydrogens is 339 g/mol. The average molecular weight is 351 g/mol. The molecule has 0 fully saturated rings. The monoisotopic (exact) mass is 350 g/mol. The van der Waals surface area contributed by atoms with Crippen molar-refractivity contribution < 1.29 is 19.0 Å². The van der Waals surface area contributed by atoms with Gasteiger partial charge >= 0.3 is 5.97 Å². The van der Waals surface area contributed by atoms with E-state index in [1.165, 1.54) is 12.1 Å². The Morgan fingerprint density at radius 1 is 1.29 bits per heavy atom. The van der Waals surface area contributed by atoms with E-state index in [4.69, 9.17) is 9.84 Å². The second-order valence-electron chi connectivity index (χ2n) is 4.24. The van der Waals surface area contributed by atoms with Crippen molar-refractivity contribution >= 4 is 28.0 Å². The van der Waals surface area contributed by atoms with Gasteiger partial charge in [-0.05, 0) is 45.8 Å². The maximum atomic E-state index is 13.5. The van der Waals surface area contributed by atoms with Crippen molar-refractivity contribution in [3.8, 4) is 5.75 Å². The minimum absolute atomic E-state index is 0.121. The van der Waals surface area contributed by atoms with Gasteiger partial charge in [0.05, 0.1) is 4.47 Å². The molecule has 0 radical (unpaired) electrons. The van der Waals surface area contributed by atoms with E-state index in [1.54, 1.807) is 36.4 Å². The molecule has 1 N–H and O–H groups in total. The topological polar surface area (TPSA) is 46.5 Å². The standard InChI is InChI=1S/C16H12BrFO3/c17-13-9-11(6-8-16(19)20)5-7-15(13)21-10-12-3-1-2-4-14(12)18/h1-9H,10H2,(H,19,20)/b8-6+. The van der Waals surface area contributed by atoms with Gasteiger partial charge in [0, 0.05) is 11.6 Å². The van der Waals surface area contributed by atoms with Gasteiger partial charge in [0.2, 0.25) is 0 Å². The third-order valence-electron chi connectivity index (χ3n) is 2.72. The molecule has 0 aromatic heterocycles. The maximum Gasteiger partial charge on any atom is 0.328 e. The number of halogens is 2. The molecule has 0 aliphatic rings. The number of aliphatic carboxylic acids is 1. The minimum Gasteiger partial charge on any atom is -0.488 e. The van der Waals surface area contributed by atoms with Crippen LogP contribution in [0.4, 0.5) is 4.39 Å². The zero-order valence-electron chi connectivity index (χ0n) is 10.9. The first-order chi connectivity index (χ1) is 10.1. The average Bonchev–Trinajstić information content (AvgIpc) is 2.45. The fourth-order valence-corrected chi connectivity index (χ4v) is 2.19. The lowest BCUT2D eigenvalue weighted by atomic mass is 10.2. The molecule has 0 saturated heterocycles. The van der Waals surface area contributed by atoms with Crippen LogP contribution in [0.2, 0.25) is 0 Å². The van der Waals surface area contributed by atoms with Crippen LogP contribution in [0.15, 0.2) is 53.0 Å². The summed E-state index contributed by atoms with van der Waals surface area (Å²) in [6, 6.07) is 11.6. The highest BCUT2D eigenvalue weighted by molar-refractivity contribution is 9.10. The van der Waals surface area contributed by atoms with Gasteiger partial charge in [0.1, 0.15) is 18.2 Å². The zero-order chi connectivity index (χ0) is 15.2. The summed E-state index contributed by atoms with van der Waals surface area (Å²) in [5.74, 6) is -0.758. The number of hydrogen-bond donors (Lipinski definition) is 1. The maximum absolute atomic E-state index is 13.5. The molecule has 2 rings (SSSR count). The van der Waals surface area contributed by atoms with Gasteiger partial charge in [-0.2, -0.15) is 0 Å². The van der Waals surface area contributed by atoms with Crippen LogP contribution in [-0.2, 0) is 11.4 Å². The summed E-state index contributed by atoms with van der Waals surface area (Å²) in [6.45, 7) is 0.121. The first kappa shape index (κ1) is 15.3. The number of rotatable bonds is 5. The number of carboxylic acid groups (broad SMARTS) is 1. The Morgan fingerprint density at radius 3 is 2.71 bits per heavy atom. The van der Waals surface area contributed by atoms with E-state index in [1.807, 2.05) is 0 Å². The summed E-state index contributed by atoms with van der Waals surface area (Å²) in [6.07, 6.45) is 2.54. The van der Waals surface area contributed by atoms with Gasteiger partial charge in [-0.25, -0.2) is 9.18 Å². The fourth-order valence-electron chi connectivity index (χ4n) is 1.68. The third-order valence-corrected chi connectivity index (χ3v) is 3.34. The summed E-state index contributed by atoms with van der Waals surface area (Å²) in [5.41, 5.74) is 1.20. The SMILES string of the molecule is O=C(O)/C=C/c1ccc(OCc2ccccc2F)c(Br)c1. The van der Waals surface area contributed by atoms with E-state index in [-0.39, 0.29) is 12.4 Å². The van der Waals surface area contributed by atoms with Crippen LogP contribution in [0.25, 0.3) is 6.08 Å². The number of benzene rings is 2. The summed E-state index contributed by atoms with van der Waals surface area (Å²) in [7, 11) is 0. The van der Waals surface area contributed by atoms with E-state index in [2.05, 4.69) is 15.9 Å². The van der Waals surface area contributed by atoms with Crippen molar-refractivity contribution in [3.63, 3.8) is 0 Å². The van der Waals surface area contributed by atoms with Gasteiger partial charge in [-0.1, -0.05) is 24.3 Å². The molecule has 0 aliphatic carbocycles. The van der Waals surface area contributed by atoms with E-state index >= 15 is 0 Å². The molecule has 21 heavy (non-hydrogen) atoms. The van der Waals surface area contributed by atoms with Crippen molar-refractivity contribution in [1.29, 1.82) is 0 Å². The third kappa shape index (κ3) is 4.43. The minimum atomic E-state index is -1.01. The number of ether oxygens (including phenoxy) is 1. The van der Waals surface area contributed by atoms with Crippen LogP contribution in [0.5, 0.6) is 5.75 Å². The number of carboxylic acids is 1. The molecule has 0 unspecified atom stereocenters. The lowest BCUT2D eigenvalue weighted by molar-refractivity contribution is -0.131. The van der Waals surface area contributed by atoms with Crippen LogP contribution < -0.4 is 4.74 Å². The van der Waals surface area contributed by atoms with Crippen molar-refractivity contribution in [3.05, 3.63) is 70.0 Å². The van der Waals surface area contributed by atoms with Crippen molar-refractivity contribution in [2.24, 2.45) is 0 Å². The molecule has 0 heterocycles. The highest BCUT2D eigenvalue weighted by Gasteiger charge is 2.05. The molecule has 5 heteroatoms. The molecule has 2 aromatic rings. The summed E-state index contributed by atoms with van der Waals surface area (Å²) in [5, 5.41) is 8.58. The molecule has 0 saturated carbocycles. The molecule has 0 aliphatic heterocycles. The molecule has 0 bridgehead atoms. The second-order valence-corrected chi connectivity index (χ2v) is 5.10. The van der Waals surface area contributed by atoms with Crippen molar-refractivity contribution in [1.82, 2.24) is 0 Å². The van der Waals surface area contributed by atoms with Crippen molar-refractivity contribution in [2.75, 3.05) is 0 Å². The Hall–Kier alpha value is -2.14. The molecular formula is C16H12BrFO3. The highest BCUT2D eigenvalue weighted by atomic mass is 79.9.